The van der Waals surface area contributed by atoms with Crippen LogP contribution in [0, 0.1) is 12.3 Å². The standard InChI is InChI=1S/C14H18ClNO3/c1-10-2-3-11(15)12(6-10)19-7-13(18)16-8-14(9-17)4-5-14/h2-3,6,17H,4-5,7-9H2,1H3,(H,16,18). The van der Waals surface area contributed by atoms with Crippen LogP contribution >= 0.6 is 11.6 Å². The number of carbonyl (C=O) groups excluding carboxylic acids is 1. The summed E-state index contributed by atoms with van der Waals surface area (Å²) in [7, 11) is 0. The average molecular weight is 284 g/mol. The van der Waals surface area contributed by atoms with Gasteiger partial charge in [0.05, 0.1) is 11.6 Å². The Morgan fingerprint density at radius 1 is 1.53 bits per heavy atom. The Balaban J connectivity index is 1.78. The molecule has 0 aromatic heterocycles. The number of benzene rings is 1. The fraction of sp³-hybridized carbons (Fsp3) is 0.500. The summed E-state index contributed by atoms with van der Waals surface area (Å²) in [5, 5.41) is 12.4. The molecule has 5 heteroatoms. The normalized spacial score (nSPS) is 15.9. The minimum Gasteiger partial charge on any atom is -0.482 e. The largest absolute Gasteiger partial charge is 0.482 e. The summed E-state index contributed by atoms with van der Waals surface area (Å²) in [6, 6.07) is 5.42. The molecule has 104 valence electrons. The summed E-state index contributed by atoms with van der Waals surface area (Å²) in [5.74, 6) is 0.317. The highest BCUT2D eigenvalue weighted by Gasteiger charge is 2.42. The maximum atomic E-state index is 11.6. The van der Waals surface area contributed by atoms with E-state index in [4.69, 9.17) is 21.4 Å². The van der Waals surface area contributed by atoms with Crippen molar-refractivity contribution in [1.82, 2.24) is 5.32 Å². The average Bonchev–Trinajstić information content (AvgIpc) is 3.18. The quantitative estimate of drug-likeness (QED) is 0.838. The molecule has 1 saturated carbocycles. The zero-order valence-corrected chi connectivity index (χ0v) is 11.7. The molecule has 2 rings (SSSR count). The van der Waals surface area contributed by atoms with E-state index in [9.17, 15) is 4.79 Å². The lowest BCUT2D eigenvalue weighted by Gasteiger charge is -2.13. The Morgan fingerprint density at radius 2 is 2.26 bits per heavy atom. The molecule has 0 saturated heterocycles. The molecule has 0 bridgehead atoms. The predicted octanol–water partition coefficient (Wildman–Crippen LogP) is 1.92. The van der Waals surface area contributed by atoms with E-state index in [1.54, 1.807) is 12.1 Å². The van der Waals surface area contributed by atoms with Crippen molar-refractivity contribution in [2.24, 2.45) is 5.41 Å². The lowest BCUT2D eigenvalue weighted by Crippen LogP contribution is -2.35. The number of ether oxygens (including phenoxy) is 1. The maximum absolute atomic E-state index is 11.6. The zero-order chi connectivity index (χ0) is 13.9. The highest BCUT2D eigenvalue weighted by Crippen LogP contribution is 2.44. The Labute approximate surface area is 117 Å². The van der Waals surface area contributed by atoms with Crippen LogP contribution < -0.4 is 10.1 Å². The third-order valence-electron chi connectivity index (χ3n) is 3.40. The van der Waals surface area contributed by atoms with E-state index < -0.39 is 0 Å². The van der Waals surface area contributed by atoms with Gasteiger partial charge in [-0.05, 0) is 37.5 Å². The highest BCUT2D eigenvalue weighted by atomic mass is 35.5. The van der Waals surface area contributed by atoms with E-state index in [-0.39, 0.29) is 24.5 Å². The second-order valence-corrected chi connectivity index (χ2v) is 5.56. The van der Waals surface area contributed by atoms with Gasteiger partial charge in [0.15, 0.2) is 6.61 Å². The van der Waals surface area contributed by atoms with Gasteiger partial charge in [0, 0.05) is 12.0 Å². The Morgan fingerprint density at radius 3 is 2.89 bits per heavy atom. The monoisotopic (exact) mass is 283 g/mol. The predicted molar refractivity (Wildman–Crippen MR) is 73.4 cm³/mol. The van der Waals surface area contributed by atoms with Crippen molar-refractivity contribution in [1.29, 1.82) is 0 Å². The van der Waals surface area contributed by atoms with Gasteiger partial charge < -0.3 is 15.2 Å². The van der Waals surface area contributed by atoms with Crippen LogP contribution in [0.5, 0.6) is 5.75 Å². The first kappa shape index (κ1) is 14.2. The van der Waals surface area contributed by atoms with Crippen LogP contribution in [0.4, 0.5) is 0 Å². The van der Waals surface area contributed by atoms with Crippen LogP contribution in [-0.2, 0) is 4.79 Å². The van der Waals surface area contributed by atoms with Crippen molar-refractivity contribution in [2.75, 3.05) is 19.8 Å². The van der Waals surface area contributed by atoms with E-state index in [1.165, 1.54) is 0 Å². The fourth-order valence-corrected chi connectivity index (χ4v) is 1.94. The number of halogens is 1. The summed E-state index contributed by atoms with van der Waals surface area (Å²) >= 11 is 5.97. The third-order valence-corrected chi connectivity index (χ3v) is 3.71. The lowest BCUT2D eigenvalue weighted by atomic mass is 10.1. The minimum absolute atomic E-state index is 0.0648. The molecule has 0 spiro atoms. The van der Waals surface area contributed by atoms with Crippen molar-refractivity contribution >= 4 is 17.5 Å². The number of nitrogens with one attached hydrogen (secondary N) is 1. The first-order chi connectivity index (χ1) is 9.04. The van der Waals surface area contributed by atoms with Gasteiger partial charge in [0.2, 0.25) is 0 Å². The van der Waals surface area contributed by atoms with E-state index in [1.807, 2.05) is 13.0 Å². The van der Waals surface area contributed by atoms with Gasteiger partial charge in [-0.2, -0.15) is 0 Å². The summed E-state index contributed by atoms with van der Waals surface area (Å²) in [5.41, 5.74) is 0.938. The summed E-state index contributed by atoms with van der Waals surface area (Å²) in [6.07, 6.45) is 1.93. The maximum Gasteiger partial charge on any atom is 0.257 e. The van der Waals surface area contributed by atoms with Gasteiger partial charge in [-0.1, -0.05) is 17.7 Å². The molecule has 19 heavy (non-hydrogen) atoms. The smallest absolute Gasteiger partial charge is 0.257 e. The number of amides is 1. The van der Waals surface area contributed by atoms with Crippen LogP contribution in [0.2, 0.25) is 5.02 Å². The van der Waals surface area contributed by atoms with Crippen molar-refractivity contribution < 1.29 is 14.6 Å². The van der Waals surface area contributed by atoms with Crippen LogP contribution in [0.15, 0.2) is 18.2 Å². The van der Waals surface area contributed by atoms with E-state index in [0.717, 1.165) is 18.4 Å². The lowest BCUT2D eigenvalue weighted by molar-refractivity contribution is -0.123. The summed E-state index contributed by atoms with van der Waals surface area (Å²) in [6.45, 7) is 2.50. The molecule has 1 aromatic rings. The van der Waals surface area contributed by atoms with Crippen LogP contribution in [0.1, 0.15) is 18.4 Å². The van der Waals surface area contributed by atoms with E-state index in [2.05, 4.69) is 5.32 Å². The number of carbonyl (C=O) groups is 1. The van der Waals surface area contributed by atoms with E-state index >= 15 is 0 Å². The molecule has 0 heterocycles. The van der Waals surface area contributed by atoms with Gasteiger partial charge in [-0.25, -0.2) is 0 Å². The number of aliphatic hydroxyl groups excluding tert-OH is 1. The topological polar surface area (TPSA) is 58.6 Å². The number of hydrogen-bond donors (Lipinski definition) is 2. The zero-order valence-electron chi connectivity index (χ0n) is 10.9. The Hall–Kier alpha value is -1.26. The van der Waals surface area contributed by atoms with Crippen molar-refractivity contribution in [2.45, 2.75) is 19.8 Å². The van der Waals surface area contributed by atoms with E-state index in [0.29, 0.717) is 17.3 Å². The Bertz CT molecular complexity index is 472. The number of aliphatic hydroxyl groups is 1. The molecule has 0 aliphatic heterocycles. The molecule has 1 aromatic carbocycles. The van der Waals surface area contributed by atoms with Crippen LogP contribution in [0.3, 0.4) is 0 Å². The SMILES string of the molecule is Cc1ccc(Cl)c(OCC(=O)NCC2(CO)CC2)c1. The number of hydrogen-bond acceptors (Lipinski definition) is 3. The Kier molecular flexibility index (Phi) is 4.32. The first-order valence-electron chi connectivity index (χ1n) is 6.31. The minimum atomic E-state index is -0.197. The van der Waals surface area contributed by atoms with Gasteiger partial charge in [-0.15, -0.1) is 0 Å². The van der Waals surface area contributed by atoms with Gasteiger partial charge in [0.1, 0.15) is 5.75 Å². The van der Waals surface area contributed by atoms with Gasteiger partial charge in [0.25, 0.3) is 5.91 Å². The number of rotatable bonds is 6. The number of aryl methyl sites for hydroxylation is 1. The molecule has 4 nitrogen and oxygen atoms in total. The molecule has 0 radical (unpaired) electrons. The highest BCUT2D eigenvalue weighted by molar-refractivity contribution is 6.32. The fourth-order valence-electron chi connectivity index (χ4n) is 1.77. The summed E-state index contributed by atoms with van der Waals surface area (Å²) in [4.78, 5) is 11.6. The van der Waals surface area contributed by atoms with Gasteiger partial charge >= 0.3 is 0 Å². The van der Waals surface area contributed by atoms with Crippen molar-refractivity contribution in [3.63, 3.8) is 0 Å². The molecule has 1 aliphatic rings. The molecule has 1 amide bonds. The van der Waals surface area contributed by atoms with Crippen LogP contribution in [-0.4, -0.2) is 30.8 Å². The molecular weight excluding hydrogens is 266 g/mol. The third kappa shape index (κ3) is 3.85. The second-order valence-electron chi connectivity index (χ2n) is 5.16. The first-order valence-corrected chi connectivity index (χ1v) is 6.69. The molecule has 0 atom stereocenters. The second kappa shape index (κ2) is 5.80. The molecule has 1 fully saturated rings. The van der Waals surface area contributed by atoms with Gasteiger partial charge in [-0.3, -0.25) is 4.79 Å². The molecule has 2 N–H and O–H groups in total. The van der Waals surface area contributed by atoms with Crippen molar-refractivity contribution in [3.8, 4) is 5.75 Å². The van der Waals surface area contributed by atoms with Crippen molar-refractivity contribution in [3.05, 3.63) is 28.8 Å². The van der Waals surface area contributed by atoms with Crippen LogP contribution in [0.25, 0.3) is 0 Å². The molecular formula is C14H18ClNO3. The summed E-state index contributed by atoms with van der Waals surface area (Å²) < 4.78 is 5.39. The molecule has 1 aliphatic carbocycles. The molecule has 0 unspecified atom stereocenters.